The van der Waals surface area contributed by atoms with Crippen LogP contribution < -0.4 is 34.2 Å². The number of carbonyl (C=O) groups excluding carboxylic acids is 6. The number of aromatic carboxylic acids is 1. The van der Waals surface area contributed by atoms with Gasteiger partial charge in [-0.05, 0) is 114 Å². The van der Waals surface area contributed by atoms with Crippen LogP contribution in [0.15, 0.2) is 137 Å². The van der Waals surface area contributed by atoms with Crippen LogP contribution in [0.25, 0.3) is 0 Å². The number of aromatic amines is 1. The molecule has 6 aromatic carbocycles. The molecule has 48 heteroatoms. The van der Waals surface area contributed by atoms with E-state index >= 15 is 0 Å². The summed E-state index contributed by atoms with van der Waals surface area (Å²) in [7, 11) is 0. The maximum Gasteiger partial charge on any atom is 0.337 e. The number of nitrogens with two attached hydrogens (primary N) is 5. The summed E-state index contributed by atoms with van der Waals surface area (Å²) < 4.78 is 13.9. The van der Waals surface area contributed by atoms with E-state index in [2.05, 4.69) is 27.1 Å². The summed E-state index contributed by atoms with van der Waals surface area (Å²) in [4.78, 5) is 98.3. The number of aromatic nitrogens is 1. The van der Waals surface area contributed by atoms with E-state index in [0.717, 1.165) is 66.6 Å². The van der Waals surface area contributed by atoms with Crippen molar-refractivity contribution in [3.63, 3.8) is 0 Å². The molecule has 10 rings (SSSR count). The number of H-pyrrole nitrogens is 1. The number of aliphatic hydroxyl groups excluding tert-OH is 13. The highest BCUT2D eigenvalue weighted by atomic mass is 32.2. The van der Waals surface area contributed by atoms with Crippen molar-refractivity contribution >= 4 is 76.7 Å². The minimum atomic E-state index is -2.99. The van der Waals surface area contributed by atoms with Crippen LogP contribution in [0.1, 0.15) is 127 Å². The Morgan fingerprint density at radius 2 is 0.947 bits per heavy atom. The first kappa shape index (κ1) is 123. The van der Waals surface area contributed by atoms with E-state index in [9.17, 15) is 89.1 Å². The highest BCUT2D eigenvalue weighted by Crippen LogP contribution is 2.37. The number of ether oxygens (including phenoxy) is 3. The molecule has 3 saturated heterocycles. The molecule has 7 aromatic rings. The molecule has 3 fully saturated rings. The molecular weight excluding hydrogens is 1800 g/mol. The number of pyridine rings is 1. The number of aromatic hydroxyl groups is 10. The van der Waals surface area contributed by atoms with Crippen molar-refractivity contribution in [3.05, 3.63) is 177 Å². The second-order valence-corrected chi connectivity index (χ2v) is 30.0. The Morgan fingerprint density at radius 3 is 1.39 bits per heavy atom. The van der Waals surface area contributed by atoms with Gasteiger partial charge in [0.15, 0.2) is 70.2 Å². The topological polar surface area (TPSA) is 894 Å². The maximum atomic E-state index is 10.9. The van der Waals surface area contributed by atoms with Crippen molar-refractivity contribution in [1.29, 1.82) is 0 Å². The summed E-state index contributed by atoms with van der Waals surface area (Å²) in [6, 6.07) is 28.5. The van der Waals surface area contributed by atoms with Gasteiger partial charge in [-0.15, -0.1) is 12.6 Å². The summed E-state index contributed by atoms with van der Waals surface area (Å²) in [5.74, 6) is -10.9. The Kier molecular flexibility index (Phi) is 55.2. The van der Waals surface area contributed by atoms with Gasteiger partial charge in [0, 0.05) is 48.9 Å². The first-order valence-corrected chi connectivity index (χ1v) is 40.1. The van der Waals surface area contributed by atoms with Crippen LogP contribution in [0, 0.1) is 0 Å². The molecule has 0 amide bonds. The number of thiol groups is 1. The van der Waals surface area contributed by atoms with Crippen molar-refractivity contribution in [2.24, 2.45) is 22.9 Å². The predicted octanol–water partition coefficient (Wildman–Crippen LogP) is -2.93. The SMILES string of the molecule is C.CC(=O)C(N)Cc1ccc(O)c(O)c1.CC(=O)[C@@H](O)c1ccccc1.CC(=O)c1cc(O)cc(=O)[nH]1.CC(=O)c1cc(O)cc(O)c1O.CC(=O)c1cc(O)cc(O)c1S.CSCCC(N)C(C)=O.C[C@]1(O)OC(CO)[C@@H](O)[C@@H](O)C1(O)O.N[C@H](Cc1ccccc1)C(=O)O.N[C@H]1[C@@H](O)[C@H](O)[C@@H](CO)O[C@@H]1O.Nc1cc(O)c(O)cc1C(=O)O.OCC1O[C@H](O)C(O)[C@H](O)[C@@H]1O. The number of carboxylic acid groups (broad SMARTS) is 2. The van der Waals surface area contributed by atoms with Crippen LogP contribution >= 0.6 is 24.4 Å². The Balaban J connectivity index is 0. The number of phenolic OH excluding ortho intramolecular Hbond substituents is 9. The van der Waals surface area contributed by atoms with Crippen LogP contribution in [0.2, 0.25) is 0 Å². The largest absolute Gasteiger partial charge is 0.508 e. The van der Waals surface area contributed by atoms with Crippen LogP contribution in [0.3, 0.4) is 0 Å². The molecule has 0 spiro atoms. The van der Waals surface area contributed by atoms with E-state index in [1.54, 1.807) is 42.1 Å². The molecule has 1 aromatic heterocycles. The molecule has 0 saturated carbocycles. The lowest BCUT2D eigenvalue weighted by Gasteiger charge is -2.48. The molecule has 5 unspecified atom stereocenters. The third kappa shape index (κ3) is 41.3. The number of hydrogen-bond acceptors (Lipinski definition) is 45. The van der Waals surface area contributed by atoms with Gasteiger partial charge in [-0.3, -0.25) is 38.4 Å². The van der Waals surface area contributed by atoms with E-state index in [-0.39, 0.29) is 110 Å². The van der Waals surface area contributed by atoms with Gasteiger partial charge in [0.25, 0.3) is 5.56 Å². The number of carbonyl (C=O) groups is 8. The molecule has 3 aliphatic heterocycles. The number of Topliss-reactive ketones (excluding diaryl/α,β-unsaturated/α-hetero) is 6. The van der Waals surface area contributed by atoms with E-state index in [0.29, 0.717) is 18.4 Å². The average molecular weight is 1920 g/mol. The molecule has 46 nitrogen and oxygen atoms in total. The molecule has 3 aliphatic rings. The lowest BCUT2D eigenvalue weighted by molar-refractivity contribution is -0.441. The van der Waals surface area contributed by atoms with Gasteiger partial charge in [0.05, 0.1) is 65.3 Å². The van der Waals surface area contributed by atoms with Gasteiger partial charge in [0.2, 0.25) is 11.6 Å². The Morgan fingerprint density at radius 1 is 0.492 bits per heavy atom. The molecule has 39 N–H and O–H groups in total. The van der Waals surface area contributed by atoms with Crippen molar-refractivity contribution in [2.75, 3.05) is 37.6 Å². The molecule has 738 valence electrons. The Bertz CT molecular complexity index is 4720. The number of benzene rings is 6. The zero-order valence-corrected chi connectivity index (χ0v) is 73.3. The summed E-state index contributed by atoms with van der Waals surface area (Å²) in [6.07, 6.45) is -14.3. The van der Waals surface area contributed by atoms with Crippen molar-refractivity contribution in [3.8, 4) is 57.5 Å². The smallest absolute Gasteiger partial charge is 0.337 e. The zero-order chi connectivity index (χ0) is 101. The number of phenols is 9. The van der Waals surface area contributed by atoms with Crippen molar-refractivity contribution < 1.29 is 196 Å². The van der Waals surface area contributed by atoms with Crippen LogP contribution in [0.5, 0.6) is 57.5 Å². The number of anilines is 1. The molecule has 0 aliphatic carbocycles. The fraction of sp³-hybridized carbons (Fsp3) is 0.417. The standard InChI is InChI=1S/C10H13NO3.C9H11NO2.C9H10O2.C8H8O4.C8H8O3S.C7H7NO4.C7H7NO3.C7H14O7.C6H13NO5.C6H13NOS.C6H12O6.CH4/c1-6(12)8(11)4-7-2-3-9(13)10(14)5-7;10-8(9(11)12)6-7-4-2-1-3-5-7;1-7(10)9(11)8-5-3-2-4-6-8;2*1-4(9)6-2-5(10)3-7(11)8(6)12;8-4-2-6(10)5(9)1-3(4)7(11)12;1-4(9)6-2-5(10)3-7(11)8-6;1-6(11)7(12,13)5(10)4(9)3(2-8)14-6;7-3-5(10)4(9)2(1-8)12-6(3)11;1-5(8)6(7)3-4-9-2;7-1-2-3(8)4(9)5(10)6(11)12-2;/h2-3,5,8,13-14H,4,11H2,1H3;1-5,8H,6,10H2,(H,11,12);2-6,9,11H,1H3;2*2-3,10-12H,1H3;1-2,9-10H,8H2,(H,11,12);2-3H,1H3,(H2,8,10,11);3-5,8-13H,2H2,1H3;2-6,8-11H,1,7H2;6H,3-4,7H2,1-2H3;2-11H,1H2;1H4/t;8-;9-;;;;;3?,4-,5-,6+;2-,3+,4-,5-,6+;;2?,3-,4-,5?,6+;/m.11....11.1./s1. The number of rotatable bonds is 19. The van der Waals surface area contributed by atoms with Crippen LogP contribution in [-0.2, 0) is 46.2 Å². The maximum absolute atomic E-state index is 10.9. The number of ketones is 6. The number of nitrogen functional groups attached to an aromatic ring is 1. The minimum Gasteiger partial charge on any atom is -0.508 e. The summed E-state index contributed by atoms with van der Waals surface area (Å²) in [5, 5.41) is 252. The zero-order valence-electron chi connectivity index (χ0n) is 71.6. The summed E-state index contributed by atoms with van der Waals surface area (Å²) >= 11 is 5.63. The lowest BCUT2D eigenvalue weighted by Crippen LogP contribution is -2.72. The van der Waals surface area contributed by atoms with Crippen molar-refractivity contribution in [2.45, 2.75) is 196 Å². The van der Waals surface area contributed by atoms with Gasteiger partial charge < -0.3 is 191 Å². The quantitative estimate of drug-likeness (QED) is 0.00962. The monoisotopic (exact) mass is 1920 g/mol. The lowest BCUT2D eigenvalue weighted by atomic mass is 9.90. The number of hydrogen-bond donors (Lipinski definition) is 35. The molecule has 132 heavy (non-hydrogen) atoms. The first-order chi connectivity index (χ1) is 60.6. The highest BCUT2D eigenvalue weighted by molar-refractivity contribution is 7.98. The minimum absolute atomic E-state index is 0. The van der Waals surface area contributed by atoms with Gasteiger partial charge >= 0.3 is 11.9 Å². The van der Waals surface area contributed by atoms with Gasteiger partial charge in [-0.25, -0.2) is 4.79 Å². The number of carboxylic acids is 2. The molecule has 0 radical (unpaired) electrons. The highest BCUT2D eigenvalue weighted by Gasteiger charge is 2.60. The Labute approximate surface area is 764 Å². The Hall–Kier alpha value is -11.2. The predicted molar refractivity (Wildman–Crippen MR) is 472 cm³/mol. The second kappa shape index (κ2) is 59.3. The van der Waals surface area contributed by atoms with Crippen molar-refractivity contribution in [1.82, 2.24) is 4.98 Å². The fourth-order valence-electron chi connectivity index (χ4n) is 10.1. The third-order valence-electron chi connectivity index (χ3n) is 18.0. The molecule has 18 atom stereocenters. The number of aliphatic carboxylic acids is 1. The fourth-order valence-corrected chi connectivity index (χ4v) is 10.9. The molecular formula is C84H120N6O40S2. The van der Waals surface area contributed by atoms with E-state index < -0.39 is 176 Å². The van der Waals surface area contributed by atoms with E-state index in [1.165, 1.54) is 65.8 Å². The van der Waals surface area contributed by atoms with Gasteiger partial charge in [0.1, 0.15) is 108 Å². The summed E-state index contributed by atoms with van der Waals surface area (Å²) in [5.41, 5.74) is 28.6. The first-order valence-electron chi connectivity index (χ1n) is 38.3. The van der Waals surface area contributed by atoms with Gasteiger partial charge in [-0.2, -0.15) is 11.8 Å². The number of nitrogens with one attached hydrogen (secondary N) is 1. The molecule has 0 bridgehead atoms. The van der Waals surface area contributed by atoms with Crippen LogP contribution in [0.4, 0.5) is 5.69 Å². The number of aliphatic hydroxyl groups is 16. The third-order valence-corrected chi connectivity index (χ3v) is 19.1. The normalized spacial score (nSPS) is 21.9. The average Bonchev–Trinajstić information content (AvgIpc) is 0.754. The summed E-state index contributed by atoms with van der Waals surface area (Å²) in [6.45, 7) is 7.46. The van der Waals surface area contributed by atoms with E-state index in [4.69, 9.17) is 130 Å². The van der Waals surface area contributed by atoms with E-state index in [1.807, 2.05) is 42.7 Å². The molecule has 4 heterocycles. The van der Waals surface area contributed by atoms with Crippen LogP contribution in [-0.4, -0.2) is 336 Å². The van der Waals surface area contributed by atoms with Gasteiger partial charge in [-0.1, -0.05) is 74.2 Å². The second-order valence-electron chi connectivity index (χ2n) is 28.6. The number of thioether (sulfide) groups is 1.